The highest BCUT2D eigenvalue weighted by Crippen LogP contribution is 2.29. The number of aromatic hydroxyl groups is 1. The molecule has 0 heterocycles. The van der Waals surface area contributed by atoms with E-state index in [1.54, 1.807) is 19.1 Å². The van der Waals surface area contributed by atoms with Gasteiger partial charge in [-0.2, -0.15) is 5.10 Å². The highest BCUT2D eigenvalue weighted by molar-refractivity contribution is 5.99. The van der Waals surface area contributed by atoms with Crippen molar-refractivity contribution in [3.8, 4) is 11.5 Å². The average Bonchev–Trinajstić information content (AvgIpc) is 3.20. The number of phenolic OH excluding ortho intramolecular Hbond substituents is 1. The first-order chi connectivity index (χ1) is 8.61. The zero-order valence-electron chi connectivity index (χ0n) is 10.4. The minimum Gasteiger partial charge on any atom is -0.504 e. The number of ether oxygens (including phenoxy) is 1. The van der Waals surface area contributed by atoms with E-state index in [1.807, 2.05) is 0 Å². The van der Waals surface area contributed by atoms with Crippen LogP contribution in [0.3, 0.4) is 0 Å². The molecule has 2 N–H and O–H groups in total. The van der Waals surface area contributed by atoms with E-state index < -0.39 is 0 Å². The Hall–Kier alpha value is -2.04. The van der Waals surface area contributed by atoms with E-state index in [0.717, 1.165) is 18.4 Å². The van der Waals surface area contributed by atoms with E-state index in [0.29, 0.717) is 11.5 Å². The second kappa shape index (κ2) is 5.08. The number of carbonyl (C=O) groups excluding carboxylic acids is 1. The van der Waals surface area contributed by atoms with E-state index in [-0.39, 0.29) is 17.6 Å². The number of nitrogens with zero attached hydrogens (tertiary/aromatic N) is 1. The Morgan fingerprint density at radius 3 is 2.83 bits per heavy atom. The van der Waals surface area contributed by atoms with Gasteiger partial charge in [-0.3, -0.25) is 4.79 Å². The number of hydrogen-bond donors (Lipinski definition) is 2. The first kappa shape index (κ1) is 12.4. The van der Waals surface area contributed by atoms with Gasteiger partial charge < -0.3 is 9.84 Å². The molecule has 1 aliphatic rings. The maximum atomic E-state index is 11.4. The number of nitrogens with one attached hydrogen (secondary N) is 1. The number of phenols is 1. The summed E-state index contributed by atoms with van der Waals surface area (Å²) in [5.41, 5.74) is 4.00. The summed E-state index contributed by atoms with van der Waals surface area (Å²) in [5.74, 6) is 0.572. The van der Waals surface area contributed by atoms with E-state index in [4.69, 9.17) is 4.74 Å². The number of benzene rings is 1. The van der Waals surface area contributed by atoms with E-state index in [1.165, 1.54) is 13.2 Å². The van der Waals surface area contributed by atoms with Crippen LogP contribution in [0.25, 0.3) is 0 Å². The maximum absolute atomic E-state index is 11.4. The van der Waals surface area contributed by atoms with Gasteiger partial charge in [-0.25, -0.2) is 5.43 Å². The Kier molecular flexibility index (Phi) is 3.50. The summed E-state index contributed by atoms with van der Waals surface area (Å²) < 4.78 is 5.02. The fraction of sp³-hybridized carbons (Fsp3) is 0.385. The van der Waals surface area contributed by atoms with Crippen LogP contribution < -0.4 is 10.2 Å². The van der Waals surface area contributed by atoms with Crippen molar-refractivity contribution in [2.24, 2.45) is 11.0 Å². The Morgan fingerprint density at radius 2 is 2.22 bits per heavy atom. The SMILES string of the molecule is COc1cc(/C(C)=N/NC(=O)C2CC2)ccc1O. The molecule has 1 aromatic rings. The Labute approximate surface area is 105 Å². The summed E-state index contributed by atoms with van der Waals surface area (Å²) in [6.07, 6.45) is 1.90. The maximum Gasteiger partial charge on any atom is 0.243 e. The molecule has 0 unspecified atom stereocenters. The monoisotopic (exact) mass is 248 g/mol. The quantitative estimate of drug-likeness (QED) is 0.628. The molecule has 1 amide bonds. The van der Waals surface area contributed by atoms with Crippen molar-refractivity contribution < 1.29 is 14.6 Å². The molecule has 5 heteroatoms. The fourth-order valence-electron chi connectivity index (χ4n) is 1.54. The van der Waals surface area contributed by atoms with Crippen LogP contribution in [0.4, 0.5) is 0 Å². The highest BCUT2D eigenvalue weighted by Gasteiger charge is 2.29. The van der Waals surface area contributed by atoms with Gasteiger partial charge >= 0.3 is 0 Å². The van der Waals surface area contributed by atoms with Crippen LogP contribution in [0.1, 0.15) is 25.3 Å². The lowest BCUT2D eigenvalue weighted by molar-refractivity contribution is -0.122. The van der Waals surface area contributed by atoms with E-state index in [9.17, 15) is 9.90 Å². The van der Waals surface area contributed by atoms with Crippen LogP contribution >= 0.6 is 0 Å². The summed E-state index contributed by atoms with van der Waals surface area (Å²) >= 11 is 0. The average molecular weight is 248 g/mol. The van der Waals surface area contributed by atoms with Crippen LogP contribution in [-0.4, -0.2) is 23.8 Å². The van der Waals surface area contributed by atoms with Crippen molar-refractivity contribution in [3.05, 3.63) is 23.8 Å². The minimum atomic E-state index is -0.0277. The molecule has 1 fully saturated rings. The molecule has 5 nitrogen and oxygen atoms in total. The predicted molar refractivity (Wildman–Crippen MR) is 67.7 cm³/mol. The first-order valence-electron chi connectivity index (χ1n) is 5.83. The van der Waals surface area contributed by atoms with Gasteiger partial charge in [-0.15, -0.1) is 0 Å². The Balaban J connectivity index is 2.09. The molecule has 18 heavy (non-hydrogen) atoms. The molecular formula is C13H16N2O3. The number of hydrazone groups is 1. The van der Waals surface area contributed by atoms with E-state index in [2.05, 4.69) is 10.5 Å². The van der Waals surface area contributed by atoms with Crippen molar-refractivity contribution in [1.29, 1.82) is 0 Å². The van der Waals surface area contributed by atoms with Gasteiger partial charge in [0, 0.05) is 11.5 Å². The molecule has 0 radical (unpaired) electrons. The summed E-state index contributed by atoms with van der Waals surface area (Å²) in [7, 11) is 1.49. The summed E-state index contributed by atoms with van der Waals surface area (Å²) in [6.45, 7) is 1.79. The van der Waals surface area contributed by atoms with Crippen LogP contribution in [0.5, 0.6) is 11.5 Å². The molecule has 1 saturated carbocycles. The number of rotatable bonds is 4. The largest absolute Gasteiger partial charge is 0.504 e. The van der Waals surface area contributed by atoms with Crippen molar-refractivity contribution in [2.45, 2.75) is 19.8 Å². The third-order valence-corrected chi connectivity index (χ3v) is 2.88. The molecular weight excluding hydrogens is 232 g/mol. The second-order valence-corrected chi connectivity index (χ2v) is 4.33. The van der Waals surface area contributed by atoms with Gasteiger partial charge in [0.25, 0.3) is 0 Å². The molecule has 0 saturated heterocycles. The number of carbonyl (C=O) groups is 1. The lowest BCUT2D eigenvalue weighted by atomic mass is 10.1. The van der Waals surface area contributed by atoms with Gasteiger partial charge in [-0.05, 0) is 38.0 Å². The fourth-order valence-corrected chi connectivity index (χ4v) is 1.54. The molecule has 0 bridgehead atoms. The highest BCUT2D eigenvalue weighted by atomic mass is 16.5. The third-order valence-electron chi connectivity index (χ3n) is 2.88. The number of hydrogen-bond acceptors (Lipinski definition) is 4. The lowest BCUT2D eigenvalue weighted by Gasteiger charge is -2.06. The summed E-state index contributed by atoms with van der Waals surface area (Å²) in [4.78, 5) is 11.4. The van der Waals surface area contributed by atoms with Gasteiger partial charge in [0.2, 0.25) is 5.91 Å². The lowest BCUT2D eigenvalue weighted by Crippen LogP contribution is -2.20. The molecule has 0 aromatic heterocycles. The molecule has 1 aliphatic carbocycles. The standard InChI is InChI=1S/C13H16N2O3/c1-8(14-15-13(17)9-3-4-9)10-5-6-11(16)12(7-10)18-2/h5-7,9,16H,3-4H2,1-2H3,(H,15,17)/b14-8+. The first-order valence-corrected chi connectivity index (χ1v) is 5.83. The minimum absolute atomic E-state index is 0.0277. The number of methoxy groups -OCH3 is 1. The Bertz CT molecular complexity index is 493. The van der Waals surface area contributed by atoms with E-state index >= 15 is 0 Å². The molecule has 1 aromatic carbocycles. The second-order valence-electron chi connectivity index (χ2n) is 4.33. The van der Waals surface area contributed by atoms with Crippen LogP contribution in [0, 0.1) is 5.92 Å². The topological polar surface area (TPSA) is 70.9 Å². The van der Waals surface area contributed by atoms with Crippen LogP contribution in [0.15, 0.2) is 23.3 Å². The molecule has 0 atom stereocenters. The molecule has 0 aliphatic heterocycles. The van der Waals surface area contributed by atoms with Gasteiger partial charge in [0.15, 0.2) is 11.5 Å². The van der Waals surface area contributed by atoms with Gasteiger partial charge in [0.1, 0.15) is 0 Å². The summed E-state index contributed by atoms with van der Waals surface area (Å²) in [6, 6.07) is 4.94. The Morgan fingerprint density at radius 1 is 1.50 bits per heavy atom. The van der Waals surface area contributed by atoms with Crippen LogP contribution in [-0.2, 0) is 4.79 Å². The zero-order chi connectivity index (χ0) is 13.1. The van der Waals surface area contributed by atoms with Crippen molar-refractivity contribution in [3.63, 3.8) is 0 Å². The molecule has 2 rings (SSSR count). The number of amides is 1. The van der Waals surface area contributed by atoms with Gasteiger partial charge in [-0.1, -0.05) is 0 Å². The van der Waals surface area contributed by atoms with Gasteiger partial charge in [0.05, 0.1) is 12.8 Å². The van der Waals surface area contributed by atoms with Crippen molar-refractivity contribution >= 4 is 11.6 Å². The predicted octanol–water partition coefficient (Wildman–Crippen LogP) is 1.65. The normalized spacial score (nSPS) is 15.3. The smallest absolute Gasteiger partial charge is 0.243 e. The molecule has 0 spiro atoms. The van der Waals surface area contributed by atoms with Crippen molar-refractivity contribution in [1.82, 2.24) is 5.43 Å². The zero-order valence-corrected chi connectivity index (χ0v) is 10.4. The van der Waals surface area contributed by atoms with Crippen LogP contribution in [0.2, 0.25) is 0 Å². The third kappa shape index (κ3) is 2.80. The van der Waals surface area contributed by atoms with Crippen molar-refractivity contribution in [2.75, 3.05) is 7.11 Å². The summed E-state index contributed by atoms with van der Waals surface area (Å²) in [5, 5.41) is 13.5. The molecule has 96 valence electrons.